The lowest BCUT2D eigenvalue weighted by Crippen LogP contribution is -2.33. The van der Waals surface area contributed by atoms with Crippen molar-refractivity contribution in [1.82, 2.24) is 5.43 Å². The van der Waals surface area contributed by atoms with Gasteiger partial charge in [0, 0.05) is 5.92 Å². The van der Waals surface area contributed by atoms with Gasteiger partial charge in [0.1, 0.15) is 5.84 Å². The van der Waals surface area contributed by atoms with Gasteiger partial charge in [-0.2, -0.15) is 0 Å². The van der Waals surface area contributed by atoms with Crippen LogP contribution >= 0.6 is 0 Å². The lowest BCUT2D eigenvalue weighted by molar-refractivity contribution is 0.690. The molecule has 2 rings (SSSR count). The maximum absolute atomic E-state index is 5.47. The third-order valence-electron chi connectivity index (χ3n) is 3.25. The summed E-state index contributed by atoms with van der Waals surface area (Å²) in [6.07, 6.45) is 6.45. The fourth-order valence-electron chi connectivity index (χ4n) is 2.17. The summed E-state index contributed by atoms with van der Waals surface area (Å²) in [6, 6.07) is 0.554. The fourth-order valence-corrected chi connectivity index (χ4v) is 2.17. The summed E-state index contributed by atoms with van der Waals surface area (Å²) in [4.78, 5) is 4.69. The highest BCUT2D eigenvalue weighted by atomic mass is 15.3. The Bertz CT molecular complexity index is 206. The van der Waals surface area contributed by atoms with Crippen LogP contribution in [0.15, 0.2) is 4.99 Å². The Hall–Kier alpha value is -0.570. The standard InChI is InChI=1S/C10H19N3/c1-7-6-9(7)10(13-11)12-8-4-2-3-5-8/h7-9H,2-6,11H2,1H3,(H,12,13). The van der Waals surface area contributed by atoms with Crippen LogP contribution in [0.5, 0.6) is 0 Å². The number of nitrogens with one attached hydrogen (secondary N) is 1. The second kappa shape index (κ2) is 3.66. The molecule has 2 fully saturated rings. The van der Waals surface area contributed by atoms with Gasteiger partial charge < -0.3 is 5.43 Å². The van der Waals surface area contributed by atoms with Crippen molar-refractivity contribution in [3.63, 3.8) is 0 Å². The molecule has 3 heteroatoms. The predicted molar refractivity (Wildman–Crippen MR) is 54.3 cm³/mol. The Kier molecular flexibility index (Phi) is 2.54. The number of amidine groups is 1. The third kappa shape index (κ3) is 2.02. The Balaban J connectivity index is 1.94. The van der Waals surface area contributed by atoms with Crippen LogP contribution in [0.3, 0.4) is 0 Å². The first-order chi connectivity index (χ1) is 6.31. The van der Waals surface area contributed by atoms with Crippen LogP contribution in [0.4, 0.5) is 0 Å². The molecule has 13 heavy (non-hydrogen) atoms. The number of hydrazine groups is 1. The summed E-state index contributed by atoms with van der Waals surface area (Å²) in [5.74, 6) is 7.95. The van der Waals surface area contributed by atoms with Crippen LogP contribution in [0.25, 0.3) is 0 Å². The van der Waals surface area contributed by atoms with E-state index >= 15 is 0 Å². The van der Waals surface area contributed by atoms with Crippen molar-refractivity contribution in [2.24, 2.45) is 22.7 Å². The smallest absolute Gasteiger partial charge is 0.114 e. The average Bonchev–Trinajstić information content (AvgIpc) is 2.68. The second-order valence-electron chi connectivity index (χ2n) is 4.42. The quantitative estimate of drug-likeness (QED) is 0.293. The first-order valence-electron chi connectivity index (χ1n) is 5.35. The Morgan fingerprint density at radius 2 is 2.00 bits per heavy atom. The highest BCUT2D eigenvalue weighted by Crippen LogP contribution is 2.38. The van der Waals surface area contributed by atoms with E-state index in [4.69, 9.17) is 5.84 Å². The average molecular weight is 181 g/mol. The van der Waals surface area contributed by atoms with E-state index in [1.807, 2.05) is 0 Å². The van der Waals surface area contributed by atoms with Crippen molar-refractivity contribution >= 4 is 5.84 Å². The summed E-state index contributed by atoms with van der Waals surface area (Å²) in [5, 5.41) is 0. The van der Waals surface area contributed by atoms with Crippen LogP contribution < -0.4 is 11.3 Å². The van der Waals surface area contributed by atoms with Crippen molar-refractivity contribution in [3.05, 3.63) is 0 Å². The summed E-state index contributed by atoms with van der Waals surface area (Å²) in [7, 11) is 0. The van der Waals surface area contributed by atoms with Crippen LogP contribution in [-0.2, 0) is 0 Å². The maximum atomic E-state index is 5.47. The van der Waals surface area contributed by atoms with Gasteiger partial charge in [0.25, 0.3) is 0 Å². The van der Waals surface area contributed by atoms with Crippen LogP contribution in [0.2, 0.25) is 0 Å². The normalized spacial score (nSPS) is 35.1. The Morgan fingerprint density at radius 1 is 1.38 bits per heavy atom. The SMILES string of the molecule is CC1CC1C(=NC1CCCC1)NN. The molecule has 0 heterocycles. The fraction of sp³-hybridized carbons (Fsp3) is 0.900. The summed E-state index contributed by atoms with van der Waals surface area (Å²) in [6.45, 7) is 2.26. The van der Waals surface area contributed by atoms with Gasteiger partial charge in [-0.1, -0.05) is 19.8 Å². The number of hydrogen-bond donors (Lipinski definition) is 2. The van der Waals surface area contributed by atoms with Gasteiger partial charge in [0.05, 0.1) is 6.04 Å². The molecule has 0 saturated heterocycles. The molecule has 3 nitrogen and oxygen atoms in total. The number of rotatable bonds is 2. The lowest BCUT2D eigenvalue weighted by Gasteiger charge is -2.08. The lowest BCUT2D eigenvalue weighted by atomic mass is 10.2. The first-order valence-corrected chi connectivity index (χ1v) is 5.35. The van der Waals surface area contributed by atoms with Crippen molar-refractivity contribution in [2.75, 3.05) is 0 Å². The monoisotopic (exact) mass is 181 g/mol. The minimum atomic E-state index is 0.554. The van der Waals surface area contributed by atoms with E-state index in [1.165, 1.54) is 32.1 Å². The molecule has 3 N–H and O–H groups in total. The van der Waals surface area contributed by atoms with Crippen LogP contribution in [0.1, 0.15) is 39.0 Å². The Labute approximate surface area is 79.8 Å². The topological polar surface area (TPSA) is 50.4 Å². The summed E-state index contributed by atoms with van der Waals surface area (Å²) >= 11 is 0. The molecule has 0 spiro atoms. The van der Waals surface area contributed by atoms with Gasteiger partial charge in [-0.15, -0.1) is 0 Å². The van der Waals surface area contributed by atoms with Gasteiger partial charge >= 0.3 is 0 Å². The molecular weight excluding hydrogens is 162 g/mol. The van der Waals surface area contributed by atoms with Gasteiger partial charge in [0.15, 0.2) is 0 Å². The number of nitrogens with zero attached hydrogens (tertiary/aromatic N) is 1. The molecule has 0 aromatic carbocycles. The third-order valence-corrected chi connectivity index (χ3v) is 3.25. The Morgan fingerprint density at radius 3 is 2.46 bits per heavy atom. The highest BCUT2D eigenvalue weighted by molar-refractivity contribution is 5.86. The maximum Gasteiger partial charge on any atom is 0.114 e. The van der Waals surface area contributed by atoms with Gasteiger partial charge in [-0.25, -0.2) is 5.84 Å². The molecule has 0 aliphatic heterocycles. The van der Waals surface area contributed by atoms with Crippen LogP contribution in [0, 0.1) is 11.8 Å². The van der Waals surface area contributed by atoms with Crippen molar-refractivity contribution in [1.29, 1.82) is 0 Å². The van der Waals surface area contributed by atoms with Crippen molar-refractivity contribution < 1.29 is 0 Å². The van der Waals surface area contributed by atoms with Crippen molar-refractivity contribution in [3.8, 4) is 0 Å². The first kappa shape index (κ1) is 9.00. The van der Waals surface area contributed by atoms with E-state index in [0.29, 0.717) is 12.0 Å². The number of hydrogen-bond acceptors (Lipinski definition) is 2. The predicted octanol–water partition coefficient (Wildman–Crippen LogP) is 1.45. The zero-order valence-electron chi connectivity index (χ0n) is 8.29. The minimum Gasteiger partial charge on any atom is -0.312 e. The largest absolute Gasteiger partial charge is 0.312 e. The molecule has 0 amide bonds. The molecule has 0 bridgehead atoms. The van der Waals surface area contributed by atoms with E-state index in [2.05, 4.69) is 17.3 Å². The molecule has 2 aliphatic carbocycles. The van der Waals surface area contributed by atoms with E-state index in [9.17, 15) is 0 Å². The molecule has 2 aliphatic rings. The van der Waals surface area contributed by atoms with E-state index < -0.39 is 0 Å². The van der Waals surface area contributed by atoms with E-state index in [-0.39, 0.29) is 0 Å². The molecule has 74 valence electrons. The summed E-state index contributed by atoms with van der Waals surface area (Å²) < 4.78 is 0. The van der Waals surface area contributed by atoms with E-state index in [1.54, 1.807) is 0 Å². The van der Waals surface area contributed by atoms with Gasteiger partial charge in [-0.05, 0) is 25.2 Å². The number of nitrogens with two attached hydrogens (primary N) is 1. The van der Waals surface area contributed by atoms with E-state index in [0.717, 1.165) is 11.8 Å². The van der Waals surface area contributed by atoms with Crippen LogP contribution in [-0.4, -0.2) is 11.9 Å². The van der Waals surface area contributed by atoms with Crippen molar-refractivity contribution in [2.45, 2.75) is 45.1 Å². The summed E-state index contributed by atoms with van der Waals surface area (Å²) in [5.41, 5.74) is 2.77. The second-order valence-corrected chi connectivity index (χ2v) is 4.42. The van der Waals surface area contributed by atoms with Gasteiger partial charge in [-0.3, -0.25) is 4.99 Å². The molecule has 0 aromatic rings. The molecule has 2 saturated carbocycles. The van der Waals surface area contributed by atoms with Gasteiger partial charge in [0.2, 0.25) is 0 Å². The molecule has 0 aromatic heterocycles. The molecule has 2 atom stereocenters. The zero-order chi connectivity index (χ0) is 9.26. The minimum absolute atomic E-state index is 0.554. The highest BCUT2D eigenvalue weighted by Gasteiger charge is 2.37. The number of aliphatic imine (C=N–C) groups is 1. The molecular formula is C10H19N3. The molecule has 2 unspecified atom stereocenters. The molecule has 0 radical (unpaired) electrons. The zero-order valence-corrected chi connectivity index (χ0v) is 8.29.